The van der Waals surface area contributed by atoms with E-state index >= 15 is 0 Å². The molecule has 4 heterocycles. The van der Waals surface area contributed by atoms with Crippen LogP contribution in [-0.2, 0) is 17.7 Å². The Labute approximate surface area is 206 Å². The summed E-state index contributed by atoms with van der Waals surface area (Å²) in [6.07, 6.45) is 2.82. The largest absolute Gasteiger partial charge is 0.378 e. The maximum absolute atomic E-state index is 9.53. The standard InChI is InChI=1S/C28H32N6O/c1-19-14-33(27-7-5-21(13-29)28-26(27)3-2-8-31-28)17-25-11-20-4-6-24(12-22(20)15-34(19)25)32-9-10-35-18-23(30)16-32/h2-8,12,19,23,25H,9-11,14-18,30H2,1H3. The van der Waals surface area contributed by atoms with Crippen molar-refractivity contribution < 1.29 is 4.74 Å². The normalized spacial score (nSPS) is 25.0. The molecule has 3 aromatic rings. The highest BCUT2D eigenvalue weighted by molar-refractivity contribution is 5.95. The quantitative estimate of drug-likeness (QED) is 0.619. The number of rotatable bonds is 2. The molecule has 0 spiro atoms. The molecule has 1 aromatic heterocycles. The number of nitrogens with zero attached hydrogens (tertiary/aromatic N) is 5. The van der Waals surface area contributed by atoms with Crippen molar-refractivity contribution in [3.63, 3.8) is 0 Å². The number of hydrogen-bond acceptors (Lipinski definition) is 7. The number of aromatic nitrogens is 1. The van der Waals surface area contributed by atoms with Gasteiger partial charge in [-0.05, 0) is 60.9 Å². The third kappa shape index (κ3) is 4.12. The van der Waals surface area contributed by atoms with Gasteiger partial charge in [0.2, 0.25) is 0 Å². The summed E-state index contributed by atoms with van der Waals surface area (Å²) >= 11 is 0. The van der Waals surface area contributed by atoms with Gasteiger partial charge in [0.15, 0.2) is 0 Å². The first kappa shape index (κ1) is 22.3. The van der Waals surface area contributed by atoms with E-state index in [1.165, 1.54) is 22.5 Å². The molecule has 0 aliphatic carbocycles. The Hall–Kier alpha value is -3.18. The van der Waals surface area contributed by atoms with Crippen molar-refractivity contribution in [2.24, 2.45) is 5.73 Å². The van der Waals surface area contributed by atoms with Gasteiger partial charge in [-0.25, -0.2) is 0 Å². The van der Waals surface area contributed by atoms with Crippen LogP contribution in [0, 0.1) is 11.3 Å². The van der Waals surface area contributed by atoms with Gasteiger partial charge in [0, 0.05) is 73.8 Å². The van der Waals surface area contributed by atoms with Gasteiger partial charge in [-0.15, -0.1) is 0 Å². The smallest absolute Gasteiger partial charge is 0.101 e. The number of benzene rings is 2. The minimum Gasteiger partial charge on any atom is -0.378 e. The summed E-state index contributed by atoms with van der Waals surface area (Å²) in [7, 11) is 0. The van der Waals surface area contributed by atoms with Gasteiger partial charge in [-0.2, -0.15) is 5.26 Å². The van der Waals surface area contributed by atoms with Crippen molar-refractivity contribution in [1.29, 1.82) is 5.26 Å². The summed E-state index contributed by atoms with van der Waals surface area (Å²) in [6.45, 7) is 8.33. The van der Waals surface area contributed by atoms with Crippen molar-refractivity contribution in [3.05, 3.63) is 65.4 Å². The van der Waals surface area contributed by atoms with E-state index in [1.54, 1.807) is 6.20 Å². The molecule has 0 saturated carbocycles. The second kappa shape index (κ2) is 9.12. The van der Waals surface area contributed by atoms with Gasteiger partial charge < -0.3 is 20.3 Å². The van der Waals surface area contributed by atoms with Crippen LogP contribution in [0.15, 0.2) is 48.7 Å². The predicted octanol–water partition coefficient (Wildman–Crippen LogP) is 2.91. The first-order chi connectivity index (χ1) is 17.1. The Balaban J connectivity index is 1.26. The third-order valence-corrected chi connectivity index (χ3v) is 7.81. The third-order valence-electron chi connectivity index (χ3n) is 7.81. The zero-order chi connectivity index (χ0) is 23.9. The van der Waals surface area contributed by atoms with E-state index in [9.17, 15) is 5.26 Å². The van der Waals surface area contributed by atoms with Crippen molar-refractivity contribution in [2.75, 3.05) is 49.2 Å². The van der Waals surface area contributed by atoms with E-state index in [4.69, 9.17) is 10.5 Å². The summed E-state index contributed by atoms with van der Waals surface area (Å²) in [4.78, 5) is 12.1. The van der Waals surface area contributed by atoms with Gasteiger partial charge in [0.05, 0.1) is 24.3 Å². The fraction of sp³-hybridized carbons (Fsp3) is 0.429. The molecule has 2 saturated heterocycles. The zero-order valence-corrected chi connectivity index (χ0v) is 20.2. The van der Waals surface area contributed by atoms with Crippen molar-refractivity contribution >= 4 is 22.3 Å². The van der Waals surface area contributed by atoms with Crippen LogP contribution >= 0.6 is 0 Å². The van der Waals surface area contributed by atoms with E-state index in [0.29, 0.717) is 24.3 Å². The summed E-state index contributed by atoms with van der Waals surface area (Å²) in [5, 5.41) is 10.6. The van der Waals surface area contributed by atoms with Crippen LogP contribution in [0.4, 0.5) is 11.4 Å². The Kier molecular flexibility index (Phi) is 5.81. The number of piperazine rings is 1. The Bertz CT molecular complexity index is 1290. The second-order valence-corrected chi connectivity index (χ2v) is 10.2. The first-order valence-corrected chi connectivity index (χ1v) is 12.6. The molecule has 2 N–H and O–H groups in total. The van der Waals surface area contributed by atoms with Crippen LogP contribution < -0.4 is 15.5 Å². The Morgan fingerprint density at radius 3 is 2.89 bits per heavy atom. The van der Waals surface area contributed by atoms with Crippen molar-refractivity contribution in [3.8, 4) is 6.07 Å². The number of hydrogen-bond donors (Lipinski definition) is 1. The molecule has 6 rings (SSSR count). The Morgan fingerprint density at radius 1 is 1.09 bits per heavy atom. The molecule has 3 atom stereocenters. The molecular formula is C28H32N6O. The van der Waals surface area contributed by atoms with Crippen LogP contribution in [0.1, 0.15) is 23.6 Å². The summed E-state index contributed by atoms with van der Waals surface area (Å²) in [5.41, 5.74) is 13.0. The molecular weight excluding hydrogens is 436 g/mol. The van der Waals surface area contributed by atoms with Gasteiger partial charge in [0.25, 0.3) is 0 Å². The summed E-state index contributed by atoms with van der Waals surface area (Å²) < 4.78 is 5.64. The van der Waals surface area contributed by atoms with Crippen LogP contribution in [0.25, 0.3) is 10.9 Å². The van der Waals surface area contributed by atoms with Gasteiger partial charge >= 0.3 is 0 Å². The lowest BCUT2D eigenvalue weighted by atomic mass is 9.89. The zero-order valence-electron chi connectivity index (χ0n) is 20.2. The number of nitriles is 1. The molecule has 0 bridgehead atoms. The van der Waals surface area contributed by atoms with Crippen LogP contribution in [0.3, 0.4) is 0 Å². The van der Waals surface area contributed by atoms with Crippen molar-refractivity contribution in [2.45, 2.75) is 38.0 Å². The number of pyridine rings is 1. The predicted molar refractivity (Wildman–Crippen MR) is 139 cm³/mol. The highest BCUT2D eigenvalue weighted by atomic mass is 16.5. The molecule has 35 heavy (non-hydrogen) atoms. The van der Waals surface area contributed by atoms with E-state index in [1.807, 2.05) is 12.1 Å². The minimum atomic E-state index is 0.0551. The van der Waals surface area contributed by atoms with E-state index < -0.39 is 0 Å². The summed E-state index contributed by atoms with van der Waals surface area (Å²) in [5.74, 6) is 0. The Morgan fingerprint density at radius 2 is 2.00 bits per heavy atom. The molecule has 2 aromatic carbocycles. The van der Waals surface area contributed by atoms with Crippen LogP contribution in [0.5, 0.6) is 0 Å². The van der Waals surface area contributed by atoms with Crippen LogP contribution in [-0.4, -0.2) is 67.4 Å². The molecule has 7 heteroatoms. The highest BCUT2D eigenvalue weighted by Gasteiger charge is 2.36. The number of nitrogens with two attached hydrogens (primary N) is 1. The average Bonchev–Trinajstić information content (AvgIpc) is 3.11. The van der Waals surface area contributed by atoms with Gasteiger partial charge in [-0.1, -0.05) is 6.07 Å². The molecule has 3 aliphatic heterocycles. The fourth-order valence-corrected chi connectivity index (χ4v) is 6.08. The average molecular weight is 469 g/mol. The second-order valence-electron chi connectivity index (χ2n) is 10.2. The van der Waals surface area contributed by atoms with Crippen LogP contribution in [0.2, 0.25) is 0 Å². The van der Waals surface area contributed by atoms with Crippen molar-refractivity contribution in [1.82, 2.24) is 9.88 Å². The first-order valence-electron chi connectivity index (χ1n) is 12.6. The fourth-order valence-electron chi connectivity index (χ4n) is 6.08. The number of anilines is 2. The lowest BCUT2D eigenvalue weighted by molar-refractivity contribution is 0.101. The maximum Gasteiger partial charge on any atom is 0.101 e. The number of ether oxygens (including phenoxy) is 1. The molecule has 3 aliphatic rings. The van der Waals surface area contributed by atoms with E-state index in [-0.39, 0.29) is 6.04 Å². The van der Waals surface area contributed by atoms with Gasteiger partial charge in [0.1, 0.15) is 6.07 Å². The molecule has 2 fully saturated rings. The van der Waals surface area contributed by atoms with E-state index in [2.05, 4.69) is 63.0 Å². The lowest BCUT2D eigenvalue weighted by Crippen LogP contribution is -2.59. The molecule has 0 amide bonds. The highest BCUT2D eigenvalue weighted by Crippen LogP contribution is 2.35. The minimum absolute atomic E-state index is 0.0551. The maximum atomic E-state index is 9.53. The lowest BCUT2D eigenvalue weighted by Gasteiger charge is -2.49. The monoisotopic (exact) mass is 468 g/mol. The van der Waals surface area contributed by atoms with E-state index in [0.717, 1.165) is 56.7 Å². The molecule has 180 valence electrons. The molecule has 7 nitrogen and oxygen atoms in total. The summed E-state index contributed by atoms with van der Waals surface area (Å²) in [6, 6.07) is 18.3. The molecule has 0 radical (unpaired) electrons. The topological polar surface area (TPSA) is 81.6 Å². The molecule has 3 unspecified atom stereocenters. The number of fused-ring (bicyclic) bond motifs is 3. The van der Waals surface area contributed by atoms with Gasteiger partial charge in [-0.3, -0.25) is 9.88 Å². The SMILES string of the molecule is CC1CN(c2ccc(C#N)c3ncccc23)CC2Cc3ccc(N4CCOCC(N)C4)cc3CN12.